The summed E-state index contributed by atoms with van der Waals surface area (Å²) in [5.74, 6) is -1.75. The van der Waals surface area contributed by atoms with E-state index in [2.05, 4.69) is 48.8 Å². The number of fused-ring (bicyclic) bond motifs is 2. The van der Waals surface area contributed by atoms with E-state index in [1.165, 1.54) is 21.2 Å². The minimum absolute atomic E-state index is 0.0465. The highest BCUT2D eigenvalue weighted by molar-refractivity contribution is 9.10. The fraction of sp³-hybridized carbons (Fsp3) is 0.419. The minimum atomic E-state index is -0.698. The van der Waals surface area contributed by atoms with Crippen molar-refractivity contribution in [3.8, 4) is 0 Å². The number of likely N-dealkylation sites (tertiary alicyclic amines) is 1. The summed E-state index contributed by atoms with van der Waals surface area (Å²) in [6, 6.07) is 15.3. The van der Waals surface area contributed by atoms with Crippen molar-refractivity contribution in [1.29, 1.82) is 0 Å². The van der Waals surface area contributed by atoms with E-state index in [0.29, 0.717) is 23.8 Å². The first kappa shape index (κ1) is 28.4. The third kappa shape index (κ3) is 5.12. The maximum atomic E-state index is 14.1. The second-order valence-electron chi connectivity index (χ2n) is 12.0. The molecule has 3 aliphatic rings. The molecule has 0 spiro atoms. The number of thioether (sulfide) groups is 1. The Hall–Kier alpha value is -2.69. The summed E-state index contributed by atoms with van der Waals surface area (Å²) in [5, 5.41) is -0.0633. The van der Waals surface area contributed by atoms with Crippen molar-refractivity contribution in [2.45, 2.75) is 68.2 Å². The number of amides is 3. The monoisotopic (exact) mass is 653 g/mol. The van der Waals surface area contributed by atoms with Crippen LogP contribution in [0.1, 0.15) is 62.0 Å². The summed E-state index contributed by atoms with van der Waals surface area (Å²) in [6.45, 7) is 7.80. The molecule has 1 aromatic heterocycles. The van der Waals surface area contributed by atoms with Gasteiger partial charge in [-0.1, -0.05) is 84.1 Å². The smallest absolute Gasteiger partial charge is 0.308 e. The average Bonchev–Trinajstić information content (AvgIpc) is 3.40. The number of hydrogen-bond acceptors (Lipinski definition) is 6. The molecule has 0 N–H and O–H groups in total. The number of imide groups is 1. The minimum Gasteiger partial charge on any atom is -0.341 e. The number of benzene rings is 2. The molecule has 2 fully saturated rings. The fourth-order valence-corrected chi connectivity index (χ4v) is 9.07. The van der Waals surface area contributed by atoms with Crippen LogP contribution in [0.3, 0.4) is 0 Å². The number of hydrogen-bond donors (Lipinski definition) is 0. The van der Waals surface area contributed by atoms with Crippen LogP contribution in [0.4, 0.5) is 5.69 Å². The van der Waals surface area contributed by atoms with Gasteiger partial charge < -0.3 is 4.90 Å². The second kappa shape index (κ2) is 10.9. The molecule has 10 heteroatoms. The molecule has 2 aromatic carbocycles. The molecule has 2 unspecified atom stereocenters. The predicted molar refractivity (Wildman–Crippen MR) is 166 cm³/mol. The number of halogens is 1. The zero-order chi connectivity index (χ0) is 29.1. The van der Waals surface area contributed by atoms with E-state index >= 15 is 0 Å². The third-order valence-corrected chi connectivity index (χ3v) is 11.4. The highest BCUT2D eigenvalue weighted by Gasteiger charge is 2.56. The molecule has 2 saturated heterocycles. The third-order valence-electron chi connectivity index (χ3n) is 8.27. The lowest BCUT2D eigenvalue weighted by molar-refractivity contribution is -0.133. The average molecular weight is 655 g/mol. The van der Waals surface area contributed by atoms with Crippen LogP contribution in [0, 0.1) is 5.92 Å². The molecular formula is C31H32BrN3O4S2. The highest BCUT2D eigenvalue weighted by atomic mass is 79.9. The van der Waals surface area contributed by atoms with Crippen LogP contribution in [-0.4, -0.2) is 45.5 Å². The predicted octanol–water partition coefficient (Wildman–Crippen LogP) is 5.78. The maximum Gasteiger partial charge on any atom is 0.308 e. The molecule has 0 saturated carbocycles. The summed E-state index contributed by atoms with van der Waals surface area (Å²) in [6.07, 6.45) is 3.04. The molecule has 6 rings (SSSR count). The van der Waals surface area contributed by atoms with Crippen molar-refractivity contribution in [3.63, 3.8) is 0 Å². The largest absolute Gasteiger partial charge is 0.341 e. The first-order valence-electron chi connectivity index (χ1n) is 14.0. The van der Waals surface area contributed by atoms with Crippen LogP contribution >= 0.6 is 39.0 Å². The van der Waals surface area contributed by atoms with Crippen LogP contribution in [-0.2, 0) is 26.3 Å². The number of aromatic nitrogens is 1. The first-order chi connectivity index (χ1) is 19.5. The summed E-state index contributed by atoms with van der Waals surface area (Å²) in [4.78, 5) is 58.3. The molecule has 0 aliphatic carbocycles. The molecule has 4 heterocycles. The van der Waals surface area contributed by atoms with Gasteiger partial charge in [-0.15, -0.1) is 0 Å². The van der Waals surface area contributed by atoms with E-state index in [1.54, 1.807) is 12.1 Å². The Balaban J connectivity index is 1.44. The highest BCUT2D eigenvalue weighted by Crippen LogP contribution is 2.54. The van der Waals surface area contributed by atoms with Gasteiger partial charge in [0.05, 0.1) is 16.6 Å². The fourth-order valence-electron chi connectivity index (χ4n) is 6.03. The first-order valence-corrected chi connectivity index (χ1v) is 16.5. The van der Waals surface area contributed by atoms with Crippen LogP contribution in [0.2, 0.25) is 0 Å². The standard InChI is InChI=1S/C31H32BrN3O4S2/c1-31(2,3)19-9-7-18(8-10-19)23-24-25(28(38)35(27(24)37)21-13-11-20(32)12-14-21)40-29-26(23)41-30(39)34(29)17-22(36)33-15-5-4-6-16-33/h7-14,23-25H,4-6,15-17H2,1-3H3/t23-,24?,25?/m0/s1. The number of nitrogens with zero attached hydrogens (tertiary/aromatic N) is 3. The summed E-state index contributed by atoms with van der Waals surface area (Å²) < 4.78 is 2.39. The van der Waals surface area contributed by atoms with E-state index in [-0.39, 0.29) is 34.6 Å². The van der Waals surface area contributed by atoms with Gasteiger partial charge in [-0.3, -0.25) is 23.7 Å². The van der Waals surface area contributed by atoms with Crippen LogP contribution in [0.25, 0.3) is 0 Å². The Morgan fingerprint density at radius 3 is 2.22 bits per heavy atom. The molecule has 3 amide bonds. The molecule has 3 atom stereocenters. The zero-order valence-electron chi connectivity index (χ0n) is 23.3. The summed E-state index contributed by atoms with van der Waals surface area (Å²) in [5.41, 5.74) is 2.53. The van der Waals surface area contributed by atoms with Gasteiger partial charge >= 0.3 is 4.87 Å². The molecule has 7 nitrogen and oxygen atoms in total. The van der Waals surface area contributed by atoms with Gasteiger partial charge in [-0.25, -0.2) is 4.90 Å². The van der Waals surface area contributed by atoms with Gasteiger partial charge in [0.15, 0.2) is 0 Å². The lowest BCUT2D eigenvalue weighted by Gasteiger charge is -2.31. The Morgan fingerprint density at radius 2 is 1.59 bits per heavy atom. The number of thiazole rings is 1. The van der Waals surface area contributed by atoms with E-state index in [0.717, 1.165) is 51.1 Å². The zero-order valence-corrected chi connectivity index (χ0v) is 26.5. The molecule has 0 radical (unpaired) electrons. The number of piperidine rings is 1. The van der Waals surface area contributed by atoms with Gasteiger partial charge in [-0.05, 0) is 60.1 Å². The molecule has 3 aliphatic heterocycles. The Bertz CT molecular complexity index is 1570. The molecule has 214 valence electrons. The number of anilines is 1. The lowest BCUT2D eigenvalue weighted by Crippen LogP contribution is -2.39. The molecule has 41 heavy (non-hydrogen) atoms. The van der Waals surface area contributed by atoms with Gasteiger partial charge in [0.1, 0.15) is 11.8 Å². The van der Waals surface area contributed by atoms with Crippen molar-refractivity contribution in [1.82, 2.24) is 9.47 Å². The molecular weight excluding hydrogens is 622 g/mol. The number of carbonyl (C=O) groups is 3. The van der Waals surface area contributed by atoms with Crippen molar-refractivity contribution in [3.05, 3.63) is 78.7 Å². The Morgan fingerprint density at radius 1 is 0.927 bits per heavy atom. The molecule has 3 aromatic rings. The topological polar surface area (TPSA) is 79.7 Å². The van der Waals surface area contributed by atoms with E-state index < -0.39 is 17.1 Å². The van der Waals surface area contributed by atoms with E-state index in [4.69, 9.17) is 0 Å². The van der Waals surface area contributed by atoms with Gasteiger partial charge in [0, 0.05) is 28.4 Å². The number of rotatable bonds is 4. The van der Waals surface area contributed by atoms with Gasteiger partial charge in [0.25, 0.3) is 0 Å². The summed E-state index contributed by atoms with van der Waals surface area (Å²) >= 11 is 5.79. The normalized spacial score (nSPS) is 22.6. The maximum absolute atomic E-state index is 14.1. The van der Waals surface area contributed by atoms with Crippen LogP contribution in [0.5, 0.6) is 0 Å². The Labute approximate surface area is 256 Å². The summed E-state index contributed by atoms with van der Waals surface area (Å²) in [7, 11) is 0. The second-order valence-corrected chi connectivity index (χ2v) is 15.0. The Kier molecular flexibility index (Phi) is 7.53. The van der Waals surface area contributed by atoms with Crippen molar-refractivity contribution < 1.29 is 14.4 Å². The lowest BCUT2D eigenvalue weighted by atomic mass is 9.81. The molecule has 0 bridgehead atoms. The van der Waals surface area contributed by atoms with Crippen molar-refractivity contribution in [2.75, 3.05) is 18.0 Å². The SMILES string of the molecule is CC(C)(C)c1ccc([C@@H]2c3sc(=O)n(CC(=O)N4CCCCC4)c3SC3C(=O)N(c4ccc(Br)cc4)C(=O)C32)cc1. The van der Waals surface area contributed by atoms with Crippen LogP contribution < -0.4 is 9.77 Å². The van der Waals surface area contributed by atoms with Crippen molar-refractivity contribution in [2.24, 2.45) is 5.92 Å². The number of carbonyl (C=O) groups excluding carboxylic acids is 3. The van der Waals surface area contributed by atoms with E-state index in [1.807, 2.05) is 29.2 Å². The van der Waals surface area contributed by atoms with Gasteiger partial charge in [0.2, 0.25) is 17.7 Å². The van der Waals surface area contributed by atoms with Crippen LogP contribution in [0.15, 0.2) is 62.8 Å². The van der Waals surface area contributed by atoms with E-state index in [9.17, 15) is 19.2 Å². The quantitative estimate of drug-likeness (QED) is 0.334. The van der Waals surface area contributed by atoms with Crippen molar-refractivity contribution >= 4 is 62.4 Å². The van der Waals surface area contributed by atoms with Gasteiger partial charge in [-0.2, -0.15) is 0 Å².